The third-order valence-electron chi connectivity index (χ3n) is 2.26. The molecule has 0 aromatic rings. The molecule has 1 unspecified atom stereocenters. The molecule has 0 bridgehead atoms. The third-order valence-corrected chi connectivity index (χ3v) is 2.49. The van der Waals surface area contributed by atoms with Crippen LogP contribution in [-0.4, -0.2) is 11.5 Å². The molecule has 0 spiro atoms. The minimum atomic E-state index is -0.289. The van der Waals surface area contributed by atoms with Crippen LogP contribution in [0.1, 0.15) is 40.0 Å². The highest BCUT2D eigenvalue weighted by atomic mass is 79.9. The Morgan fingerprint density at radius 1 is 1.50 bits per heavy atom. The summed E-state index contributed by atoms with van der Waals surface area (Å²) in [6.07, 6.45) is 2.75. The molecule has 0 heterocycles. The van der Waals surface area contributed by atoms with Crippen molar-refractivity contribution in [2.45, 2.75) is 40.0 Å². The molecule has 0 saturated heterocycles. The van der Waals surface area contributed by atoms with Crippen molar-refractivity contribution >= 4 is 21.9 Å². The molecular formula is C9H17BrO2. The van der Waals surface area contributed by atoms with Crippen molar-refractivity contribution in [3.8, 4) is 0 Å². The number of esters is 1. The first-order valence-corrected chi connectivity index (χ1v) is 5.46. The highest BCUT2D eigenvalue weighted by Gasteiger charge is 2.31. The van der Waals surface area contributed by atoms with Crippen LogP contribution >= 0.6 is 15.9 Å². The normalized spacial score (nSPS) is 15.3. The molecule has 1 atom stereocenters. The lowest BCUT2D eigenvalue weighted by molar-refractivity contribution is -0.153. The van der Waals surface area contributed by atoms with Gasteiger partial charge in [0.15, 0.2) is 0 Å². The molecule has 72 valence electrons. The molecule has 0 aliphatic rings. The number of hydrogen-bond donors (Lipinski definition) is 0. The van der Waals surface area contributed by atoms with Crippen molar-refractivity contribution in [3.63, 3.8) is 0 Å². The molecule has 0 amide bonds. The van der Waals surface area contributed by atoms with E-state index < -0.39 is 0 Å². The summed E-state index contributed by atoms with van der Waals surface area (Å²) >= 11 is 3.08. The van der Waals surface area contributed by atoms with E-state index in [4.69, 9.17) is 4.74 Å². The second-order valence-corrected chi connectivity index (χ2v) is 3.66. The maximum Gasteiger partial charge on any atom is 0.312 e. The topological polar surface area (TPSA) is 26.3 Å². The zero-order valence-electron chi connectivity index (χ0n) is 8.02. The van der Waals surface area contributed by atoms with E-state index in [2.05, 4.69) is 22.9 Å². The molecule has 0 aliphatic carbocycles. The van der Waals surface area contributed by atoms with Gasteiger partial charge in [0, 0.05) is 0 Å². The van der Waals surface area contributed by atoms with Gasteiger partial charge >= 0.3 is 5.97 Å². The zero-order chi connectivity index (χ0) is 9.61. The molecule has 0 aromatic heterocycles. The number of carbonyl (C=O) groups is 1. The monoisotopic (exact) mass is 236 g/mol. The van der Waals surface area contributed by atoms with Crippen molar-refractivity contribution in [3.05, 3.63) is 0 Å². The average Bonchev–Trinajstić information content (AvgIpc) is 2.05. The Labute approximate surface area is 82.8 Å². The van der Waals surface area contributed by atoms with E-state index in [0.29, 0.717) is 5.52 Å². The number of alkyl halides is 1. The summed E-state index contributed by atoms with van der Waals surface area (Å²) in [5.74, 6) is -0.0938. The molecular weight excluding hydrogens is 220 g/mol. The number of hydrogen-bond acceptors (Lipinski definition) is 2. The highest BCUT2D eigenvalue weighted by molar-refractivity contribution is 9.09. The van der Waals surface area contributed by atoms with Crippen LogP contribution in [0, 0.1) is 5.41 Å². The maximum absolute atomic E-state index is 11.4. The second kappa shape index (κ2) is 5.57. The Hall–Kier alpha value is -0.0500. The Morgan fingerprint density at radius 3 is 2.42 bits per heavy atom. The minimum absolute atomic E-state index is 0.0938. The first-order chi connectivity index (χ1) is 5.60. The molecule has 0 radical (unpaired) electrons. The van der Waals surface area contributed by atoms with Gasteiger partial charge in [-0.3, -0.25) is 4.79 Å². The fourth-order valence-electron chi connectivity index (χ4n) is 1.20. The first kappa shape index (κ1) is 11.9. The lowest BCUT2D eigenvalue weighted by Gasteiger charge is -2.24. The summed E-state index contributed by atoms with van der Waals surface area (Å²) in [5, 5.41) is 0. The van der Waals surface area contributed by atoms with Crippen molar-refractivity contribution in [1.29, 1.82) is 0 Å². The summed E-state index contributed by atoms with van der Waals surface area (Å²) in [4.78, 5) is 11.4. The maximum atomic E-state index is 11.4. The van der Waals surface area contributed by atoms with E-state index in [-0.39, 0.29) is 11.4 Å². The number of rotatable bonds is 5. The predicted molar refractivity (Wildman–Crippen MR) is 53.2 cm³/mol. The van der Waals surface area contributed by atoms with Gasteiger partial charge < -0.3 is 4.74 Å². The van der Waals surface area contributed by atoms with Gasteiger partial charge in [-0.25, -0.2) is 0 Å². The van der Waals surface area contributed by atoms with Crippen molar-refractivity contribution in [2.24, 2.45) is 5.41 Å². The minimum Gasteiger partial charge on any atom is -0.454 e. The van der Waals surface area contributed by atoms with Gasteiger partial charge in [-0.05, 0) is 35.7 Å². The van der Waals surface area contributed by atoms with E-state index in [1.807, 2.05) is 13.8 Å². The third kappa shape index (κ3) is 3.13. The van der Waals surface area contributed by atoms with Crippen LogP contribution in [0.25, 0.3) is 0 Å². The molecule has 0 rings (SSSR count). The van der Waals surface area contributed by atoms with Crippen LogP contribution in [0.3, 0.4) is 0 Å². The van der Waals surface area contributed by atoms with E-state index >= 15 is 0 Å². The predicted octanol–water partition coefficient (Wildman–Crippen LogP) is 3.10. The van der Waals surface area contributed by atoms with E-state index in [9.17, 15) is 4.79 Å². The number of halogens is 1. The molecule has 0 N–H and O–H groups in total. The van der Waals surface area contributed by atoms with Gasteiger partial charge in [-0.15, -0.1) is 0 Å². The lowest BCUT2D eigenvalue weighted by atomic mass is 9.83. The van der Waals surface area contributed by atoms with E-state index in [1.165, 1.54) is 0 Å². The second-order valence-electron chi connectivity index (χ2n) is 3.21. The van der Waals surface area contributed by atoms with Crippen LogP contribution in [0.5, 0.6) is 0 Å². The van der Waals surface area contributed by atoms with Crippen LogP contribution < -0.4 is 0 Å². The van der Waals surface area contributed by atoms with Crippen LogP contribution in [0.2, 0.25) is 0 Å². The lowest BCUT2D eigenvalue weighted by Crippen LogP contribution is -2.28. The van der Waals surface area contributed by atoms with Gasteiger partial charge in [-0.1, -0.05) is 20.3 Å². The average molecular weight is 237 g/mol. The molecule has 0 aliphatic heterocycles. The van der Waals surface area contributed by atoms with Gasteiger partial charge in [0.25, 0.3) is 0 Å². The van der Waals surface area contributed by atoms with Crippen LogP contribution in [0.4, 0.5) is 0 Å². The molecule has 0 saturated carbocycles. The molecule has 0 aromatic carbocycles. The summed E-state index contributed by atoms with van der Waals surface area (Å²) in [6, 6.07) is 0. The van der Waals surface area contributed by atoms with E-state index in [0.717, 1.165) is 19.3 Å². The standard InChI is InChI=1S/C9H17BrO2/c1-4-6-9(3,5-2)8(11)12-7-10/h4-7H2,1-3H3. The van der Waals surface area contributed by atoms with Crippen molar-refractivity contribution < 1.29 is 9.53 Å². The smallest absolute Gasteiger partial charge is 0.312 e. The SMILES string of the molecule is CCCC(C)(CC)C(=O)OCBr. The Balaban J connectivity index is 4.18. The first-order valence-electron chi connectivity index (χ1n) is 4.34. The number of ether oxygens (including phenoxy) is 1. The van der Waals surface area contributed by atoms with Gasteiger partial charge in [-0.2, -0.15) is 0 Å². The van der Waals surface area contributed by atoms with Crippen LogP contribution in [-0.2, 0) is 9.53 Å². The largest absolute Gasteiger partial charge is 0.454 e. The molecule has 0 fully saturated rings. The Morgan fingerprint density at radius 2 is 2.08 bits per heavy atom. The van der Waals surface area contributed by atoms with Gasteiger partial charge in [0.05, 0.1) is 5.41 Å². The molecule has 12 heavy (non-hydrogen) atoms. The van der Waals surface area contributed by atoms with E-state index in [1.54, 1.807) is 0 Å². The summed E-state index contributed by atoms with van der Waals surface area (Å²) in [6.45, 7) is 6.06. The summed E-state index contributed by atoms with van der Waals surface area (Å²) in [7, 11) is 0. The quantitative estimate of drug-likeness (QED) is 0.542. The Kier molecular flexibility index (Phi) is 5.55. The number of carbonyl (C=O) groups excluding carboxylic acids is 1. The van der Waals surface area contributed by atoms with Crippen molar-refractivity contribution in [2.75, 3.05) is 5.52 Å². The fraction of sp³-hybridized carbons (Fsp3) is 0.889. The fourth-order valence-corrected chi connectivity index (χ4v) is 1.41. The molecule has 3 heteroatoms. The summed E-state index contributed by atoms with van der Waals surface area (Å²) in [5.41, 5.74) is 0.00760. The highest BCUT2D eigenvalue weighted by Crippen LogP contribution is 2.28. The van der Waals surface area contributed by atoms with Crippen LogP contribution in [0.15, 0.2) is 0 Å². The zero-order valence-corrected chi connectivity index (χ0v) is 9.61. The summed E-state index contributed by atoms with van der Waals surface area (Å²) < 4.78 is 4.93. The van der Waals surface area contributed by atoms with Gasteiger partial charge in [0.2, 0.25) is 0 Å². The molecule has 2 nitrogen and oxygen atoms in total. The van der Waals surface area contributed by atoms with Gasteiger partial charge in [0.1, 0.15) is 5.52 Å². The van der Waals surface area contributed by atoms with Crippen molar-refractivity contribution in [1.82, 2.24) is 0 Å². The Bertz CT molecular complexity index is 147.